The summed E-state index contributed by atoms with van der Waals surface area (Å²) in [6.07, 6.45) is 0. The smallest absolute Gasteiger partial charge is 0.0478 e. The van der Waals surface area contributed by atoms with Crippen molar-refractivity contribution >= 4 is 0 Å². The lowest BCUT2D eigenvalue weighted by molar-refractivity contribution is 0.00599. The Labute approximate surface area is 118 Å². The van der Waals surface area contributed by atoms with Gasteiger partial charge in [0.2, 0.25) is 0 Å². The zero-order chi connectivity index (χ0) is 14.0. The van der Waals surface area contributed by atoms with Crippen LogP contribution in [0.15, 0.2) is 30.3 Å². The van der Waals surface area contributed by atoms with Crippen LogP contribution >= 0.6 is 0 Å². The summed E-state index contributed by atoms with van der Waals surface area (Å²) in [4.78, 5) is 5.25. The van der Waals surface area contributed by atoms with Crippen molar-refractivity contribution in [2.45, 2.75) is 52.2 Å². The third-order valence-electron chi connectivity index (χ3n) is 4.22. The van der Waals surface area contributed by atoms with Gasteiger partial charge in [-0.2, -0.15) is 0 Å². The van der Waals surface area contributed by atoms with Crippen LogP contribution in [0.5, 0.6) is 0 Å². The fraction of sp³-hybridized carbons (Fsp3) is 0.647. The third kappa shape index (κ3) is 3.37. The molecule has 1 saturated heterocycles. The minimum absolute atomic E-state index is 0.260. The second kappa shape index (κ2) is 5.64. The second-order valence-electron chi connectivity index (χ2n) is 6.87. The fourth-order valence-corrected chi connectivity index (χ4v) is 3.00. The maximum atomic E-state index is 2.64. The second-order valence-corrected chi connectivity index (χ2v) is 6.87. The summed E-state index contributed by atoms with van der Waals surface area (Å²) in [6.45, 7) is 15.0. The van der Waals surface area contributed by atoms with Gasteiger partial charge in [0.05, 0.1) is 0 Å². The largest absolute Gasteiger partial charge is 0.295 e. The van der Waals surface area contributed by atoms with E-state index >= 15 is 0 Å². The maximum Gasteiger partial charge on any atom is 0.0478 e. The highest BCUT2D eigenvalue weighted by Gasteiger charge is 2.33. The van der Waals surface area contributed by atoms with Crippen LogP contribution in [0.2, 0.25) is 0 Å². The normalized spacial score (nSPS) is 22.9. The van der Waals surface area contributed by atoms with Crippen LogP contribution < -0.4 is 0 Å². The van der Waals surface area contributed by atoms with Gasteiger partial charge in [-0.25, -0.2) is 0 Å². The topological polar surface area (TPSA) is 6.48 Å². The Hall–Kier alpha value is -0.860. The highest BCUT2D eigenvalue weighted by molar-refractivity contribution is 5.20. The van der Waals surface area contributed by atoms with Gasteiger partial charge in [-0.3, -0.25) is 9.80 Å². The molecule has 2 nitrogen and oxygen atoms in total. The molecule has 1 atom stereocenters. The summed E-state index contributed by atoms with van der Waals surface area (Å²) in [5, 5.41) is 0. The summed E-state index contributed by atoms with van der Waals surface area (Å²) < 4.78 is 0. The van der Waals surface area contributed by atoms with E-state index in [0.717, 1.165) is 13.1 Å². The number of nitrogens with zero attached hydrogens (tertiary/aromatic N) is 2. The molecule has 1 aliphatic rings. The van der Waals surface area contributed by atoms with Crippen LogP contribution in [-0.4, -0.2) is 41.0 Å². The summed E-state index contributed by atoms with van der Waals surface area (Å²) in [5.41, 5.74) is 1.71. The monoisotopic (exact) mass is 260 g/mol. The zero-order valence-electron chi connectivity index (χ0n) is 13.1. The van der Waals surface area contributed by atoms with Gasteiger partial charge in [-0.05, 0) is 40.2 Å². The number of hydrogen-bond donors (Lipinski definition) is 0. The Morgan fingerprint density at radius 1 is 1.05 bits per heavy atom. The molecule has 19 heavy (non-hydrogen) atoms. The molecule has 0 aliphatic carbocycles. The van der Waals surface area contributed by atoms with E-state index in [1.807, 2.05) is 0 Å². The van der Waals surface area contributed by atoms with Crippen molar-refractivity contribution < 1.29 is 0 Å². The number of hydrogen-bond acceptors (Lipinski definition) is 2. The molecular weight excluding hydrogens is 232 g/mol. The van der Waals surface area contributed by atoms with Crippen molar-refractivity contribution in [2.75, 3.05) is 19.6 Å². The van der Waals surface area contributed by atoms with E-state index in [0.29, 0.717) is 12.1 Å². The Morgan fingerprint density at radius 3 is 2.21 bits per heavy atom. The molecule has 1 aromatic rings. The average molecular weight is 260 g/mol. The fourth-order valence-electron chi connectivity index (χ4n) is 3.00. The van der Waals surface area contributed by atoms with E-state index in [-0.39, 0.29) is 5.54 Å². The van der Waals surface area contributed by atoms with Gasteiger partial charge in [0.15, 0.2) is 0 Å². The van der Waals surface area contributed by atoms with Gasteiger partial charge < -0.3 is 0 Å². The van der Waals surface area contributed by atoms with E-state index in [4.69, 9.17) is 0 Å². The van der Waals surface area contributed by atoms with Crippen molar-refractivity contribution in [1.29, 1.82) is 0 Å². The van der Waals surface area contributed by atoms with Crippen LogP contribution in [0, 0.1) is 0 Å². The lowest BCUT2D eigenvalue weighted by Gasteiger charge is -2.48. The molecule has 1 heterocycles. The van der Waals surface area contributed by atoms with Gasteiger partial charge in [0.25, 0.3) is 0 Å². The predicted octanol–water partition coefficient (Wildman–Crippen LogP) is 3.55. The predicted molar refractivity (Wildman–Crippen MR) is 82.4 cm³/mol. The molecule has 0 spiro atoms. The third-order valence-corrected chi connectivity index (χ3v) is 4.22. The maximum absolute atomic E-state index is 2.64. The molecule has 1 fully saturated rings. The van der Waals surface area contributed by atoms with Crippen molar-refractivity contribution in [1.82, 2.24) is 9.80 Å². The van der Waals surface area contributed by atoms with Crippen molar-refractivity contribution in [3.05, 3.63) is 35.9 Å². The highest BCUT2D eigenvalue weighted by Crippen LogP contribution is 2.30. The molecule has 0 radical (unpaired) electrons. The van der Waals surface area contributed by atoms with Crippen LogP contribution in [0.1, 0.15) is 46.2 Å². The number of rotatable bonds is 2. The summed E-state index contributed by atoms with van der Waals surface area (Å²) >= 11 is 0. The Morgan fingerprint density at radius 2 is 1.68 bits per heavy atom. The molecule has 0 amide bonds. The molecule has 0 N–H and O–H groups in total. The Kier molecular flexibility index (Phi) is 4.32. The van der Waals surface area contributed by atoms with Crippen molar-refractivity contribution in [2.24, 2.45) is 0 Å². The van der Waals surface area contributed by atoms with Gasteiger partial charge in [0.1, 0.15) is 0 Å². The van der Waals surface area contributed by atoms with Crippen LogP contribution in [0.4, 0.5) is 0 Å². The SMILES string of the molecule is CC(C)N1CCN(C(C)(C)C)CC1c1ccccc1. The molecule has 1 unspecified atom stereocenters. The molecule has 0 aromatic heterocycles. The number of piperazine rings is 1. The molecule has 2 rings (SSSR count). The summed E-state index contributed by atoms with van der Waals surface area (Å²) in [6, 6.07) is 12.1. The molecule has 1 aromatic carbocycles. The molecule has 0 saturated carbocycles. The van der Waals surface area contributed by atoms with E-state index in [9.17, 15) is 0 Å². The van der Waals surface area contributed by atoms with Crippen LogP contribution in [0.3, 0.4) is 0 Å². The van der Waals surface area contributed by atoms with Gasteiger partial charge in [-0.15, -0.1) is 0 Å². The number of benzene rings is 1. The van der Waals surface area contributed by atoms with Gasteiger partial charge in [0, 0.05) is 37.3 Å². The molecule has 106 valence electrons. The van der Waals surface area contributed by atoms with Gasteiger partial charge in [-0.1, -0.05) is 30.3 Å². The first-order valence-electron chi connectivity index (χ1n) is 7.45. The summed E-state index contributed by atoms with van der Waals surface area (Å²) in [7, 11) is 0. The minimum Gasteiger partial charge on any atom is -0.295 e. The summed E-state index contributed by atoms with van der Waals surface area (Å²) in [5.74, 6) is 0. The molecule has 0 bridgehead atoms. The Bertz CT molecular complexity index is 391. The first-order valence-corrected chi connectivity index (χ1v) is 7.45. The van der Waals surface area contributed by atoms with E-state index in [1.54, 1.807) is 0 Å². The minimum atomic E-state index is 0.260. The first-order chi connectivity index (χ1) is 8.89. The standard InChI is InChI=1S/C17H28N2/c1-14(2)19-12-11-18(17(3,4)5)13-16(19)15-9-7-6-8-10-15/h6-10,14,16H,11-13H2,1-5H3. The molecule has 2 heteroatoms. The first kappa shape index (κ1) is 14.5. The zero-order valence-corrected chi connectivity index (χ0v) is 13.1. The van der Waals surface area contributed by atoms with Gasteiger partial charge >= 0.3 is 0 Å². The van der Waals surface area contributed by atoms with E-state index in [1.165, 1.54) is 12.1 Å². The average Bonchev–Trinajstić information content (AvgIpc) is 2.38. The molecule has 1 aliphatic heterocycles. The van der Waals surface area contributed by atoms with Crippen molar-refractivity contribution in [3.8, 4) is 0 Å². The van der Waals surface area contributed by atoms with E-state index in [2.05, 4.69) is 74.8 Å². The lowest BCUT2D eigenvalue weighted by atomic mass is 9.96. The highest BCUT2D eigenvalue weighted by atomic mass is 15.3. The van der Waals surface area contributed by atoms with Crippen molar-refractivity contribution in [3.63, 3.8) is 0 Å². The quantitative estimate of drug-likeness (QED) is 0.802. The Balaban J connectivity index is 2.23. The molecular formula is C17H28N2. The van der Waals surface area contributed by atoms with Crippen LogP contribution in [-0.2, 0) is 0 Å². The lowest BCUT2D eigenvalue weighted by Crippen LogP contribution is -2.56. The van der Waals surface area contributed by atoms with E-state index < -0.39 is 0 Å². The van der Waals surface area contributed by atoms with Crippen LogP contribution in [0.25, 0.3) is 0 Å².